The minimum atomic E-state index is -1.08. The van der Waals surface area contributed by atoms with Crippen LogP contribution in [0.4, 0.5) is 0 Å². The third kappa shape index (κ3) is 9.10. The number of carboxylic acids is 2. The van der Waals surface area contributed by atoms with Crippen molar-refractivity contribution < 1.29 is 24.6 Å². The fourth-order valence-corrected chi connectivity index (χ4v) is 1.10. The molecule has 7 heteroatoms. The molecule has 7 nitrogen and oxygen atoms in total. The minimum Gasteiger partial charge on any atom is -0.480 e. The molecule has 0 aromatic heterocycles. The van der Waals surface area contributed by atoms with Gasteiger partial charge in [0.1, 0.15) is 5.78 Å². The normalized spacial score (nSPS) is 10.4. The number of carbonyl (C=O) groups is 3. The van der Waals surface area contributed by atoms with Crippen LogP contribution < -0.4 is 5.32 Å². The van der Waals surface area contributed by atoms with Gasteiger partial charge >= 0.3 is 11.9 Å². The van der Waals surface area contributed by atoms with Crippen molar-refractivity contribution in [3.05, 3.63) is 0 Å². The summed E-state index contributed by atoms with van der Waals surface area (Å²) in [7, 11) is 0. The molecule has 3 N–H and O–H groups in total. The maximum atomic E-state index is 10.6. The molecule has 0 unspecified atom stereocenters. The molecule has 0 atom stereocenters. The van der Waals surface area contributed by atoms with Crippen molar-refractivity contribution in [1.82, 2.24) is 10.2 Å². The largest absolute Gasteiger partial charge is 0.480 e. The highest BCUT2D eigenvalue weighted by Gasteiger charge is 2.12. The monoisotopic (exact) mass is 232 g/mol. The van der Waals surface area contributed by atoms with Crippen molar-refractivity contribution >= 4 is 17.7 Å². The molecular weight excluding hydrogens is 216 g/mol. The molecule has 0 fully saturated rings. The first kappa shape index (κ1) is 14.5. The lowest BCUT2D eigenvalue weighted by Gasteiger charge is -2.17. The van der Waals surface area contributed by atoms with Crippen LogP contribution in [0.15, 0.2) is 0 Å². The summed E-state index contributed by atoms with van der Waals surface area (Å²) >= 11 is 0. The van der Waals surface area contributed by atoms with Crippen LogP contribution in [0.3, 0.4) is 0 Å². The van der Waals surface area contributed by atoms with Gasteiger partial charge in [-0.05, 0) is 6.92 Å². The Morgan fingerprint density at radius 2 is 1.62 bits per heavy atom. The summed E-state index contributed by atoms with van der Waals surface area (Å²) in [6.45, 7) is 1.63. The molecular formula is C9H16N2O5. The zero-order chi connectivity index (χ0) is 12.6. The first-order valence-corrected chi connectivity index (χ1v) is 4.78. The van der Waals surface area contributed by atoms with E-state index < -0.39 is 11.9 Å². The smallest absolute Gasteiger partial charge is 0.317 e. The van der Waals surface area contributed by atoms with E-state index in [1.807, 2.05) is 0 Å². The third-order valence-electron chi connectivity index (χ3n) is 1.70. The molecule has 0 bridgehead atoms. The maximum Gasteiger partial charge on any atom is 0.317 e. The highest BCUT2D eigenvalue weighted by Crippen LogP contribution is 1.87. The quantitative estimate of drug-likeness (QED) is 0.421. The van der Waals surface area contributed by atoms with Gasteiger partial charge < -0.3 is 15.5 Å². The number of hydrogen-bond acceptors (Lipinski definition) is 5. The number of nitrogens with zero attached hydrogens (tertiary/aromatic N) is 1. The topological polar surface area (TPSA) is 107 Å². The van der Waals surface area contributed by atoms with Crippen molar-refractivity contribution in [1.29, 1.82) is 0 Å². The molecule has 0 aromatic rings. The summed E-state index contributed by atoms with van der Waals surface area (Å²) < 4.78 is 0. The fourth-order valence-electron chi connectivity index (χ4n) is 1.10. The zero-order valence-corrected chi connectivity index (χ0v) is 9.10. The molecule has 0 spiro atoms. The molecule has 0 saturated heterocycles. The van der Waals surface area contributed by atoms with Gasteiger partial charge in [-0.3, -0.25) is 19.3 Å². The molecule has 0 aromatic carbocycles. The van der Waals surface area contributed by atoms with Crippen LogP contribution in [0.2, 0.25) is 0 Å². The summed E-state index contributed by atoms with van der Waals surface area (Å²) in [6, 6.07) is 0. The van der Waals surface area contributed by atoms with Crippen molar-refractivity contribution in [3.8, 4) is 0 Å². The molecule has 0 aliphatic carbocycles. The van der Waals surface area contributed by atoms with Crippen molar-refractivity contribution in [2.45, 2.75) is 6.92 Å². The lowest BCUT2D eigenvalue weighted by Crippen LogP contribution is -2.39. The molecule has 0 aliphatic heterocycles. The maximum absolute atomic E-state index is 10.6. The standard InChI is InChI=1S/C9H16N2O5/c1-7(12)4-10-2-3-11(5-8(13)14)6-9(15)16/h10H,2-6H2,1H3,(H,13,14)(H,15,16). The second-order valence-electron chi connectivity index (χ2n) is 3.38. The number of ketones is 1. The van der Waals surface area contributed by atoms with E-state index in [0.717, 1.165) is 0 Å². The van der Waals surface area contributed by atoms with Crippen LogP contribution in [-0.4, -0.2) is 65.6 Å². The molecule has 0 rings (SSSR count). The van der Waals surface area contributed by atoms with Gasteiger partial charge in [0.15, 0.2) is 0 Å². The second kappa shape index (κ2) is 7.77. The number of hydrogen-bond donors (Lipinski definition) is 3. The van der Waals surface area contributed by atoms with Crippen LogP contribution in [0.1, 0.15) is 6.92 Å². The number of Topliss-reactive ketones (excluding diaryl/α,β-unsaturated/α-hetero) is 1. The Labute approximate surface area is 93.0 Å². The van der Waals surface area contributed by atoms with Crippen molar-refractivity contribution in [3.63, 3.8) is 0 Å². The van der Waals surface area contributed by atoms with E-state index in [-0.39, 0.29) is 32.0 Å². The molecule has 0 aliphatic rings. The average molecular weight is 232 g/mol. The number of carbonyl (C=O) groups excluding carboxylic acids is 1. The van der Waals surface area contributed by atoms with Crippen LogP contribution >= 0.6 is 0 Å². The molecule has 92 valence electrons. The zero-order valence-electron chi connectivity index (χ0n) is 9.10. The first-order valence-electron chi connectivity index (χ1n) is 4.78. The van der Waals surface area contributed by atoms with Crippen molar-refractivity contribution in [2.24, 2.45) is 0 Å². The average Bonchev–Trinajstić information content (AvgIpc) is 2.09. The molecule has 0 heterocycles. The number of rotatable bonds is 9. The van der Waals surface area contributed by atoms with Crippen LogP contribution in [0.5, 0.6) is 0 Å². The first-order chi connectivity index (χ1) is 7.41. The van der Waals surface area contributed by atoms with Gasteiger partial charge in [-0.25, -0.2) is 0 Å². The van der Waals surface area contributed by atoms with Gasteiger partial charge in [0, 0.05) is 13.1 Å². The lowest BCUT2D eigenvalue weighted by molar-refractivity contribution is -0.141. The highest BCUT2D eigenvalue weighted by molar-refractivity contribution is 5.77. The van der Waals surface area contributed by atoms with E-state index in [9.17, 15) is 14.4 Å². The summed E-state index contributed by atoms with van der Waals surface area (Å²) in [5.41, 5.74) is 0. The summed E-state index contributed by atoms with van der Waals surface area (Å²) in [4.78, 5) is 32.7. The fraction of sp³-hybridized carbons (Fsp3) is 0.667. The highest BCUT2D eigenvalue weighted by atomic mass is 16.4. The number of nitrogens with one attached hydrogen (secondary N) is 1. The Morgan fingerprint density at radius 1 is 1.12 bits per heavy atom. The Kier molecular flexibility index (Phi) is 7.06. The third-order valence-corrected chi connectivity index (χ3v) is 1.70. The Hall–Kier alpha value is -1.47. The molecule has 0 saturated carbocycles. The van der Waals surface area contributed by atoms with Gasteiger partial charge in [-0.15, -0.1) is 0 Å². The predicted molar refractivity (Wildman–Crippen MR) is 55.3 cm³/mol. The Bertz CT molecular complexity index is 251. The number of carboxylic acid groups (broad SMARTS) is 2. The van der Waals surface area contributed by atoms with Gasteiger partial charge in [0.05, 0.1) is 19.6 Å². The van der Waals surface area contributed by atoms with Gasteiger partial charge in [-0.1, -0.05) is 0 Å². The van der Waals surface area contributed by atoms with Crippen molar-refractivity contribution in [2.75, 3.05) is 32.7 Å². The molecule has 16 heavy (non-hydrogen) atoms. The van der Waals surface area contributed by atoms with Gasteiger partial charge in [0.25, 0.3) is 0 Å². The second-order valence-corrected chi connectivity index (χ2v) is 3.38. The van der Waals surface area contributed by atoms with Crippen LogP contribution in [0, 0.1) is 0 Å². The minimum absolute atomic E-state index is 0.0250. The SMILES string of the molecule is CC(=O)CNCCN(CC(=O)O)CC(=O)O. The molecule has 0 amide bonds. The van der Waals surface area contributed by atoms with E-state index in [2.05, 4.69) is 5.32 Å². The van der Waals surface area contributed by atoms with Crippen LogP contribution in [-0.2, 0) is 14.4 Å². The van der Waals surface area contributed by atoms with Crippen LogP contribution in [0.25, 0.3) is 0 Å². The molecule has 0 radical (unpaired) electrons. The summed E-state index contributed by atoms with van der Waals surface area (Å²) in [5.74, 6) is -2.18. The Morgan fingerprint density at radius 3 is 2.00 bits per heavy atom. The van der Waals surface area contributed by atoms with E-state index in [1.165, 1.54) is 11.8 Å². The predicted octanol–water partition coefficient (Wildman–Crippen LogP) is -1.36. The van der Waals surface area contributed by atoms with E-state index in [0.29, 0.717) is 6.54 Å². The summed E-state index contributed by atoms with van der Waals surface area (Å²) in [5, 5.41) is 19.8. The van der Waals surface area contributed by atoms with E-state index >= 15 is 0 Å². The summed E-state index contributed by atoms with van der Waals surface area (Å²) in [6.07, 6.45) is 0. The van der Waals surface area contributed by atoms with Gasteiger partial charge in [0.2, 0.25) is 0 Å². The van der Waals surface area contributed by atoms with E-state index in [1.54, 1.807) is 0 Å². The van der Waals surface area contributed by atoms with E-state index in [4.69, 9.17) is 10.2 Å². The lowest BCUT2D eigenvalue weighted by atomic mass is 10.4. The van der Waals surface area contributed by atoms with Gasteiger partial charge in [-0.2, -0.15) is 0 Å². The number of aliphatic carboxylic acids is 2. The Balaban J connectivity index is 3.86.